The van der Waals surface area contributed by atoms with Crippen LogP contribution in [-0.4, -0.2) is 23.9 Å². The third-order valence-electron chi connectivity index (χ3n) is 4.55. The Balaban J connectivity index is 2.27. The molecule has 1 aromatic rings. The molecule has 0 saturated heterocycles. The molecule has 1 aromatic heterocycles. The lowest BCUT2D eigenvalue weighted by Gasteiger charge is -2.33. The maximum Gasteiger partial charge on any atom is 0.161 e. The molecule has 3 atom stereocenters. The highest BCUT2D eigenvalue weighted by Crippen LogP contribution is 2.39. The third-order valence-corrected chi connectivity index (χ3v) is 4.55. The minimum Gasteiger partial charge on any atom is -0.493 e. The van der Waals surface area contributed by atoms with Crippen molar-refractivity contribution in [2.45, 2.75) is 58.5 Å². The number of aromatic nitrogens is 2. The van der Waals surface area contributed by atoms with Crippen molar-refractivity contribution < 1.29 is 4.74 Å². The summed E-state index contributed by atoms with van der Waals surface area (Å²) >= 11 is 0. The monoisotopic (exact) mass is 279 g/mol. The lowest BCUT2D eigenvalue weighted by Crippen LogP contribution is -2.31. The first-order valence-electron chi connectivity index (χ1n) is 7.98. The van der Waals surface area contributed by atoms with Gasteiger partial charge >= 0.3 is 0 Å². The third kappa shape index (κ3) is 3.17. The maximum atomic E-state index is 5.55. The summed E-state index contributed by atoms with van der Waals surface area (Å²) in [6, 6.07) is 0.349. The lowest BCUT2D eigenvalue weighted by molar-refractivity contribution is 0.219. The fourth-order valence-electron chi connectivity index (χ4n) is 3.62. The molecule has 2 rings (SSSR count). The molecule has 4 nitrogen and oxygen atoms in total. The molecular weight excluding hydrogens is 250 g/mol. The summed E-state index contributed by atoms with van der Waals surface area (Å²) in [5.41, 5.74) is 1.23. The van der Waals surface area contributed by atoms with E-state index in [-0.39, 0.29) is 0 Å². The quantitative estimate of drug-likeness (QED) is 0.867. The summed E-state index contributed by atoms with van der Waals surface area (Å²) in [6.45, 7) is 5.52. The van der Waals surface area contributed by atoms with Gasteiger partial charge in [-0.3, -0.25) is 4.68 Å². The minimum atomic E-state index is 0.349. The second-order valence-corrected chi connectivity index (χ2v) is 6.12. The first-order chi connectivity index (χ1) is 9.71. The molecule has 114 valence electrons. The van der Waals surface area contributed by atoms with Crippen molar-refractivity contribution in [2.75, 3.05) is 14.2 Å². The number of aryl methyl sites for hydroxylation is 1. The van der Waals surface area contributed by atoms with Crippen molar-refractivity contribution in [3.05, 3.63) is 11.9 Å². The molecule has 1 heterocycles. The Labute approximate surface area is 122 Å². The van der Waals surface area contributed by atoms with E-state index in [1.165, 1.54) is 31.4 Å². The molecule has 1 fully saturated rings. The van der Waals surface area contributed by atoms with Crippen LogP contribution in [0.2, 0.25) is 0 Å². The van der Waals surface area contributed by atoms with Crippen molar-refractivity contribution >= 4 is 0 Å². The van der Waals surface area contributed by atoms with Gasteiger partial charge in [-0.05, 0) is 38.1 Å². The van der Waals surface area contributed by atoms with Crippen molar-refractivity contribution in [2.24, 2.45) is 11.8 Å². The number of ether oxygens (including phenoxy) is 1. The SMILES string of the molecule is CCCn1ncc(OC)c1C(NC)C1CCCC(C)C1. The van der Waals surface area contributed by atoms with Crippen LogP contribution in [0.1, 0.15) is 57.7 Å². The number of hydrogen-bond acceptors (Lipinski definition) is 3. The first-order valence-corrected chi connectivity index (χ1v) is 7.98. The number of nitrogens with zero attached hydrogens (tertiary/aromatic N) is 2. The molecule has 20 heavy (non-hydrogen) atoms. The molecule has 1 aliphatic carbocycles. The Morgan fingerprint density at radius 1 is 1.50 bits per heavy atom. The van der Waals surface area contributed by atoms with Gasteiger partial charge in [-0.15, -0.1) is 0 Å². The highest BCUT2D eigenvalue weighted by atomic mass is 16.5. The summed E-state index contributed by atoms with van der Waals surface area (Å²) in [4.78, 5) is 0. The van der Waals surface area contributed by atoms with E-state index in [0.29, 0.717) is 12.0 Å². The van der Waals surface area contributed by atoms with Gasteiger partial charge in [0.1, 0.15) is 0 Å². The Hall–Kier alpha value is -1.03. The van der Waals surface area contributed by atoms with E-state index >= 15 is 0 Å². The summed E-state index contributed by atoms with van der Waals surface area (Å²) in [5, 5.41) is 8.04. The van der Waals surface area contributed by atoms with E-state index in [0.717, 1.165) is 24.6 Å². The van der Waals surface area contributed by atoms with Gasteiger partial charge < -0.3 is 10.1 Å². The molecule has 3 unspecified atom stereocenters. The van der Waals surface area contributed by atoms with Crippen LogP contribution in [0.5, 0.6) is 5.75 Å². The van der Waals surface area contributed by atoms with Crippen LogP contribution >= 0.6 is 0 Å². The van der Waals surface area contributed by atoms with Crippen molar-refractivity contribution in [1.82, 2.24) is 15.1 Å². The summed E-state index contributed by atoms with van der Waals surface area (Å²) in [6.07, 6.45) is 8.27. The van der Waals surface area contributed by atoms with Gasteiger partial charge in [0.25, 0.3) is 0 Å². The van der Waals surface area contributed by atoms with Gasteiger partial charge in [-0.2, -0.15) is 5.10 Å². The lowest BCUT2D eigenvalue weighted by atomic mass is 9.77. The van der Waals surface area contributed by atoms with E-state index in [2.05, 4.69) is 36.0 Å². The smallest absolute Gasteiger partial charge is 0.161 e. The second kappa shape index (κ2) is 7.11. The van der Waals surface area contributed by atoms with E-state index in [4.69, 9.17) is 4.74 Å². The first kappa shape index (κ1) is 15.4. The largest absolute Gasteiger partial charge is 0.493 e. The second-order valence-electron chi connectivity index (χ2n) is 6.12. The average molecular weight is 279 g/mol. The fraction of sp³-hybridized carbons (Fsp3) is 0.812. The van der Waals surface area contributed by atoms with Crippen molar-refractivity contribution in [3.63, 3.8) is 0 Å². The molecule has 0 aliphatic heterocycles. The zero-order valence-corrected chi connectivity index (χ0v) is 13.4. The van der Waals surface area contributed by atoms with E-state index < -0.39 is 0 Å². The minimum absolute atomic E-state index is 0.349. The summed E-state index contributed by atoms with van der Waals surface area (Å²) < 4.78 is 7.67. The summed E-state index contributed by atoms with van der Waals surface area (Å²) in [5.74, 6) is 2.44. The van der Waals surface area contributed by atoms with Crippen LogP contribution in [0.25, 0.3) is 0 Å². The Morgan fingerprint density at radius 3 is 2.90 bits per heavy atom. The normalized spacial score (nSPS) is 24.6. The van der Waals surface area contributed by atoms with Crippen LogP contribution < -0.4 is 10.1 Å². The molecular formula is C16H29N3O. The molecule has 4 heteroatoms. The van der Waals surface area contributed by atoms with Gasteiger partial charge in [0.2, 0.25) is 0 Å². The zero-order valence-electron chi connectivity index (χ0n) is 13.4. The number of methoxy groups -OCH3 is 1. The van der Waals surface area contributed by atoms with Crippen LogP contribution in [0.3, 0.4) is 0 Å². The predicted molar refractivity (Wildman–Crippen MR) is 82.0 cm³/mol. The number of hydrogen-bond donors (Lipinski definition) is 1. The fourth-order valence-corrected chi connectivity index (χ4v) is 3.62. The maximum absolute atomic E-state index is 5.55. The van der Waals surface area contributed by atoms with Gasteiger partial charge in [0.15, 0.2) is 5.75 Å². The van der Waals surface area contributed by atoms with Gasteiger partial charge in [-0.25, -0.2) is 0 Å². The Bertz CT molecular complexity index is 416. The number of nitrogens with one attached hydrogen (secondary N) is 1. The highest BCUT2D eigenvalue weighted by Gasteiger charge is 2.31. The predicted octanol–water partition coefficient (Wildman–Crippen LogP) is 3.39. The van der Waals surface area contributed by atoms with E-state index in [1.54, 1.807) is 7.11 Å². The Morgan fingerprint density at radius 2 is 2.30 bits per heavy atom. The Kier molecular flexibility index (Phi) is 5.46. The van der Waals surface area contributed by atoms with E-state index in [9.17, 15) is 0 Å². The average Bonchev–Trinajstić information content (AvgIpc) is 2.84. The molecule has 0 spiro atoms. The van der Waals surface area contributed by atoms with Crippen molar-refractivity contribution in [1.29, 1.82) is 0 Å². The molecule has 0 amide bonds. The standard InChI is InChI=1S/C16H29N3O/c1-5-9-19-16(14(20-4)11-18-19)15(17-3)13-8-6-7-12(2)10-13/h11-13,15,17H,5-10H2,1-4H3. The molecule has 1 N–H and O–H groups in total. The number of rotatable bonds is 6. The van der Waals surface area contributed by atoms with Crippen LogP contribution in [0, 0.1) is 11.8 Å². The van der Waals surface area contributed by atoms with Gasteiger partial charge in [0.05, 0.1) is 25.0 Å². The topological polar surface area (TPSA) is 39.1 Å². The van der Waals surface area contributed by atoms with Crippen molar-refractivity contribution in [3.8, 4) is 5.75 Å². The molecule has 0 aromatic carbocycles. The molecule has 0 radical (unpaired) electrons. The zero-order chi connectivity index (χ0) is 14.5. The van der Waals surface area contributed by atoms with Crippen LogP contribution in [-0.2, 0) is 6.54 Å². The molecule has 1 aliphatic rings. The van der Waals surface area contributed by atoms with Crippen LogP contribution in [0.4, 0.5) is 0 Å². The molecule has 1 saturated carbocycles. The molecule has 0 bridgehead atoms. The summed E-state index contributed by atoms with van der Waals surface area (Å²) in [7, 11) is 3.81. The van der Waals surface area contributed by atoms with E-state index in [1.807, 2.05) is 6.20 Å². The van der Waals surface area contributed by atoms with Gasteiger partial charge in [-0.1, -0.05) is 26.7 Å². The van der Waals surface area contributed by atoms with Gasteiger partial charge in [0, 0.05) is 6.54 Å². The highest BCUT2D eigenvalue weighted by molar-refractivity contribution is 5.29. The van der Waals surface area contributed by atoms with Crippen LogP contribution in [0.15, 0.2) is 6.20 Å².